The Labute approximate surface area is 160 Å². The fourth-order valence-corrected chi connectivity index (χ4v) is 3.56. The Morgan fingerprint density at radius 2 is 1.19 bits per heavy atom. The predicted molar refractivity (Wildman–Crippen MR) is 107 cm³/mol. The first-order chi connectivity index (χ1) is 13.1. The predicted octanol–water partition coefficient (Wildman–Crippen LogP) is 4.90. The van der Waals surface area contributed by atoms with Crippen LogP contribution >= 0.6 is 0 Å². The lowest BCUT2D eigenvalue weighted by Crippen LogP contribution is -2.32. The first kappa shape index (κ1) is 18.9. The molecule has 3 heteroatoms. The lowest BCUT2D eigenvalue weighted by Gasteiger charge is -2.36. The van der Waals surface area contributed by atoms with E-state index >= 15 is 0 Å². The van der Waals surface area contributed by atoms with Crippen molar-refractivity contribution >= 4 is 5.97 Å². The lowest BCUT2D eigenvalue weighted by atomic mass is 9.67. The molecule has 3 nitrogen and oxygen atoms in total. The highest BCUT2D eigenvalue weighted by Crippen LogP contribution is 2.42. The fraction of sp³-hybridized carbons (Fsp3) is 0.208. The molecule has 138 valence electrons. The molecule has 0 saturated carbocycles. The van der Waals surface area contributed by atoms with Gasteiger partial charge in [-0.1, -0.05) is 91.0 Å². The van der Waals surface area contributed by atoms with E-state index in [0.29, 0.717) is 13.0 Å². The van der Waals surface area contributed by atoms with Gasteiger partial charge in [-0.3, -0.25) is 0 Å². The van der Waals surface area contributed by atoms with Gasteiger partial charge in [0.25, 0.3) is 0 Å². The highest BCUT2D eigenvalue weighted by atomic mass is 16.5. The number of hydrogen-bond acceptors (Lipinski definition) is 2. The van der Waals surface area contributed by atoms with Crippen molar-refractivity contribution in [1.29, 1.82) is 0 Å². The molecule has 0 heterocycles. The molecule has 0 fully saturated rings. The third-order valence-corrected chi connectivity index (χ3v) is 4.99. The molecule has 0 aliphatic heterocycles. The van der Waals surface area contributed by atoms with Crippen LogP contribution in [0.1, 0.15) is 30.0 Å². The molecular formula is C24H24O3. The summed E-state index contributed by atoms with van der Waals surface area (Å²) < 4.78 is 5.62. The maximum atomic E-state index is 11.1. The highest BCUT2D eigenvalue weighted by molar-refractivity contribution is 5.71. The lowest BCUT2D eigenvalue weighted by molar-refractivity contribution is -0.149. The van der Waals surface area contributed by atoms with Crippen LogP contribution in [-0.4, -0.2) is 23.8 Å². The Hall–Kier alpha value is -2.91. The SMILES string of the molecule is CC(OCCC(c1ccccc1)(c1ccccc1)c1ccccc1)C(=O)O. The third kappa shape index (κ3) is 4.09. The van der Waals surface area contributed by atoms with Gasteiger partial charge in [0.15, 0.2) is 6.10 Å². The molecule has 0 radical (unpaired) electrons. The Kier molecular flexibility index (Phi) is 6.05. The molecule has 3 rings (SSSR count). The van der Waals surface area contributed by atoms with E-state index in [1.54, 1.807) is 6.92 Å². The molecule has 1 N–H and O–H groups in total. The minimum Gasteiger partial charge on any atom is -0.479 e. The molecule has 0 aliphatic rings. The molecule has 0 aliphatic carbocycles. The molecule has 0 bridgehead atoms. The molecule has 1 atom stereocenters. The minimum atomic E-state index is -0.945. The van der Waals surface area contributed by atoms with Crippen molar-refractivity contribution < 1.29 is 14.6 Å². The van der Waals surface area contributed by atoms with E-state index in [1.165, 1.54) is 0 Å². The number of carbonyl (C=O) groups is 1. The summed E-state index contributed by atoms with van der Waals surface area (Å²) in [7, 11) is 0. The average molecular weight is 360 g/mol. The summed E-state index contributed by atoms with van der Waals surface area (Å²) in [5, 5.41) is 9.14. The van der Waals surface area contributed by atoms with Crippen LogP contribution in [0.4, 0.5) is 0 Å². The van der Waals surface area contributed by atoms with Gasteiger partial charge in [-0.05, 0) is 30.0 Å². The van der Waals surface area contributed by atoms with E-state index in [9.17, 15) is 4.79 Å². The van der Waals surface area contributed by atoms with E-state index in [4.69, 9.17) is 9.84 Å². The smallest absolute Gasteiger partial charge is 0.332 e. The zero-order valence-electron chi connectivity index (χ0n) is 15.4. The Bertz CT molecular complexity index is 748. The summed E-state index contributed by atoms with van der Waals surface area (Å²) >= 11 is 0. The summed E-state index contributed by atoms with van der Waals surface area (Å²) in [6.45, 7) is 1.91. The number of benzene rings is 3. The first-order valence-electron chi connectivity index (χ1n) is 9.15. The van der Waals surface area contributed by atoms with Crippen molar-refractivity contribution in [2.45, 2.75) is 24.9 Å². The maximum Gasteiger partial charge on any atom is 0.332 e. The van der Waals surface area contributed by atoms with Crippen molar-refractivity contribution in [3.63, 3.8) is 0 Å². The Morgan fingerprint density at radius 1 is 0.815 bits per heavy atom. The molecule has 0 amide bonds. The summed E-state index contributed by atoms with van der Waals surface area (Å²) in [4.78, 5) is 11.1. The quantitative estimate of drug-likeness (QED) is 0.581. The first-order valence-corrected chi connectivity index (χ1v) is 9.15. The van der Waals surface area contributed by atoms with Gasteiger partial charge >= 0.3 is 5.97 Å². The second kappa shape index (κ2) is 8.65. The monoisotopic (exact) mass is 360 g/mol. The van der Waals surface area contributed by atoms with Gasteiger partial charge < -0.3 is 9.84 Å². The van der Waals surface area contributed by atoms with E-state index in [-0.39, 0.29) is 0 Å². The normalized spacial score (nSPS) is 12.5. The van der Waals surface area contributed by atoms with Gasteiger partial charge in [0.1, 0.15) is 0 Å². The molecule has 0 spiro atoms. The van der Waals surface area contributed by atoms with Crippen LogP contribution in [-0.2, 0) is 14.9 Å². The number of aliphatic carboxylic acids is 1. The third-order valence-electron chi connectivity index (χ3n) is 4.99. The molecule has 3 aromatic carbocycles. The molecule has 0 saturated heterocycles. The number of rotatable bonds is 8. The standard InChI is InChI=1S/C24H24O3/c1-19(23(25)26)27-18-17-24(20-11-5-2-6-12-20,21-13-7-3-8-14-21)22-15-9-4-10-16-22/h2-16,19H,17-18H2,1H3,(H,25,26). The number of carboxylic acid groups (broad SMARTS) is 1. The van der Waals surface area contributed by atoms with Gasteiger partial charge in [-0.15, -0.1) is 0 Å². The van der Waals surface area contributed by atoms with Crippen LogP contribution in [0.5, 0.6) is 0 Å². The van der Waals surface area contributed by atoms with Crippen molar-refractivity contribution in [2.75, 3.05) is 6.61 Å². The number of ether oxygens (including phenoxy) is 1. The van der Waals surface area contributed by atoms with E-state index < -0.39 is 17.5 Å². The molecule has 1 unspecified atom stereocenters. The van der Waals surface area contributed by atoms with Crippen LogP contribution < -0.4 is 0 Å². The summed E-state index contributed by atoms with van der Waals surface area (Å²) in [6.07, 6.45) is -0.187. The molecular weight excluding hydrogens is 336 g/mol. The maximum absolute atomic E-state index is 11.1. The summed E-state index contributed by atoms with van der Waals surface area (Å²) in [5.41, 5.74) is 3.07. The van der Waals surface area contributed by atoms with E-state index in [1.807, 2.05) is 54.6 Å². The summed E-state index contributed by atoms with van der Waals surface area (Å²) in [5.74, 6) is -0.945. The topological polar surface area (TPSA) is 46.5 Å². The van der Waals surface area contributed by atoms with Crippen molar-refractivity contribution in [3.05, 3.63) is 108 Å². The number of carboxylic acids is 1. The Morgan fingerprint density at radius 3 is 1.52 bits per heavy atom. The van der Waals surface area contributed by atoms with Gasteiger partial charge in [0, 0.05) is 12.0 Å². The zero-order chi connectivity index (χ0) is 19.1. The van der Waals surface area contributed by atoms with Crippen molar-refractivity contribution in [1.82, 2.24) is 0 Å². The van der Waals surface area contributed by atoms with E-state index in [2.05, 4.69) is 36.4 Å². The molecule has 27 heavy (non-hydrogen) atoms. The largest absolute Gasteiger partial charge is 0.479 e. The van der Waals surface area contributed by atoms with Crippen LogP contribution in [0.15, 0.2) is 91.0 Å². The van der Waals surface area contributed by atoms with Gasteiger partial charge in [0.2, 0.25) is 0 Å². The average Bonchev–Trinajstić information content (AvgIpc) is 2.73. The van der Waals surface area contributed by atoms with Crippen LogP contribution in [0.25, 0.3) is 0 Å². The second-order valence-electron chi connectivity index (χ2n) is 6.60. The molecule has 0 aromatic heterocycles. The van der Waals surface area contributed by atoms with Crippen molar-refractivity contribution in [2.24, 2.45) is 0 Å². The number of hydrogen-bond donors (Lipinski definition) is 1. The summed E-state index contributed by atoms with van der Waals surface area (Å²) in [6, 6.07) is 31.0. The fourth-order valence-electron chi connectivity index (χ4n) is 3.56. The van der Waals surface area contributed by atoms with Crippen LogP contribution in [0.3, 0.4) is 0 Å². The van der Waals surface area contributed by atoms with Gasteiger partial charge in [-0.25, -0.2) is 4.79 Å². The van der Waals surface area contributed by atoms with E-state index in [0.717, 1.165) is 16.7 Å². The van der Waals surface area contributed by atoms with Crippen LogP contribution in [0, 0.1) is 0 Å². The molecule has 3 aromatic rings. The Balaban J connectivity index is 2.10. The highest BCUT2D eigenvalue weighted by Gasteiger charge is 2.36. The zero-order valence-corrected chi connectivity index (χ0v) is 15.4. The van der Waals surface area contributed by atoms with Crippen LogP contribution in [0.2, 0.25) is 0 Å². The second-order valence-corrected chi connectivity index (χ2v) is 6.60. The van der Waals surface area contributed by atoms with Gasteiger partial charge in [-0.2, -0.15) is 0 Å². The minimum absolute atomic E-state index is 0.339. The van der Waals surface area contributed by atoms with Gasteiger partial charge in [0.05, 0.1) is 0 Å². The van der Waals surface area contributed by atoms with Crippen molar-refractivity contribution in [3.8, 4) is 0 Å².